The number of para-hydroxylation sites is 1. The molecule has 6 nitrogen and oxygen atoms in total. The van der Waals surface area contributed by atoms with E-state index in [1.165, 1.54) is 19.3 Å². The van der Waals surface area contributed by atoms with Crippen LogP contribution in [0.25, 0.3) is 0 Å². The molecule has 0 saturated heterocycles. The number of unbranched alkanes of at least 4 members (excludes halogenated alkanes) is 3. The van der Waals surface area contributed by atoms with Gasteiger partial charge in [0.25, 0.3) is 0 Å². The number of rotatable bonds is 26. The van der Waals surface area contributed by atoms with Gasteiger partial charge in [-0.15, -0.1) is 0 Å². The minimum atomic E-state index is -0.0989. The average molecular weight is 852 g/mol. The van der Waals surface area contributed by atoms with E-state index in [1.807, 2.05) is 35.2 Å². The Balaban J connectivity index is 1.61. The lowest BCUT2D eigenvalue weighted by atomic mass is 9.89. The van der Waals surface area contributed by atoms with Crippen molar-refractivity contribution in [3.8, 4) is 5.75 Å². The molecule has 0 spiro atoms. The molecule has 0 fully saturated rings. The van der Waals surface area contributed by atoms with E-state index >= 15 is 0 Å². The highest BCUT2D eigenvalue weighted by Gasteiger charge is 2.33. The third kappa shape index (κ3) is 13.3. The van der Waals surface area contributed by atoms with Gasteiger partial charge in [0, 0.05) is 47.2 Å². The van der Waals surface area contributed by atoms with Gasteiger partial charge in [0.2, 0.25) is 11.7 Å². The summed E-state index contributed by atoms with van der Waals surface area (Å²) >= 11 is 0. The van der Waals surface area contributed by atoms with E-state index in [4.69, 9.17) is 9.73 Å². The van der Waals surface area contributed by atoms with Crippen LogP contribution in [-0.2, 0) is 4.79 Å². The number of carbonyl (C=O) groups excluding carboxylic acids is 2. The van der Waals surface area contributed by atoms with Crippen LogP contribution in [0, 0.1) is 17.8 Å². The molecule has 0 bridgehead atoms. The second-order valence-electron chi connectivity index (χ2n) is 17.9. The smallest absolute Gasteiger partial charge is 0.227 e. The first-order chi connectivity index (χ1) is 30.7. The van der Waals surface area contributed by atoms with Gasteiger partial charge in [-0.1, -0.05) is 162 Å². The molecule has 4 aromatic rings. The Labute approximate surface area is 381 Å². The number of amides is 1. The Hall–Kier alpha value is -4.97. The highest BCUT2D eigenvalue weighted by molar-refractivity contribution is 6.27. The predicted molar refractivity (Wildman–Crippen MR) is 267 cm³/mol. The van der Waals surface area contributed by atoms with Gasteiger partial charge in [-0.25, -0.2) is 4.99 Å². The van der Waals surface area contributed by atoms with Crippen molar-refractivity contribution in [2.24, 2.45) is 22.7 Å². The van der Waals surface area contributed by atoms with Crippen molar-refractivity contribution in [3.05, 3.63) is 126 Å². The van der Waals surface area contributed by atoms with Crippen LogP contribution in [-0.4, -0.2) is 35.5 Å². The van der Waals surface area contributed by atoms with E-state index in [1.54, 1.807) is 0 Å². The maximum Gasteiger partial charge on any atom is 0.227 e. The van der Waals surface area contributed by atoms with Gasteiger partial charge in [-0.05, 0) is 103 Å². The summed E-state index contributed by atoms with van der Waals surface area (Å²) in [4.78, 5) is 38.8. The number of benzene rings is 4. The van der Waals surface area contributed by atoms with Crippen LogP contribution in [0.15, 0.2) is 114 Å². The molecular weight excluding hydrogens is 775 g/mol. The molecular formula is C57H77N3O3. The van der Waals surface area contributed by atoms with Crippen molar-refractivity contribution in [1.82, 2.24) is 4.90 Å². The summed E-state index contributed by atoms with van der Waals surface area (Å²) in [5, 5.41) is 0. The molecule has 0 radical (unpaired) electrons. The number of aliphatic imine (C=N–C) groups is 1. The zero-order chi connectivity index (χ0) is 45.1. The van der Waals surface area contributed by atoms with E-state index in [-0.39, 0.29) is 17.6 Å². The molecule has 0 heterocycles. The monoisotopic (exact) mass is 852 g/mol. The summed E-state index contributed by atoms with van der Waals surface area (Å²) in [6.07, 6.45) is 16.4. The molecule has 4 atom stereocenters. The molecule has 338 valence electrons. The molecule has 0 aromatic heterocycles. The van der Waals surface area contributed by atoms with Crippen LogP contribution < -0.4 is 9.64 Å². The van der Waals surface area contributed by atoms with Crippen LogP contribution in [0.4, 0.5) is 22.7 Å². The van der Waals surface area contributed by atoms with Crippen LogP contribution in [0.5, 0.6) is 5.75 Å². The van der Waals surface area contributed by atoms with Crippen molar-refractivity contribution >= 4 is 40.2 Å². The summed E-state index contributed by atoms with van der Waals surface area (Å²) in [7, 11) is 0. The molecule has 1 amide bonds. The largest absolute Gasteiger partial charge is 0.493 e. The number of carbonyl (C=O) groups is 2. The molecule has 1 aliphatic rings. The number of ketones is 1. The number of nitrogens with zero attached hydrogens (tertiary/aromatic N) is 3. The summed E-state index contributed by atoms with van der Waals surface area (Å²) in [5.74, 6) is 2.16. The Bertz CT molecular complexity index is 2100. The number of allylic oxidation sites excluding steroid dienone is 2. The van der Waals surface area contributed by atoms with E-state index in [9.17, 15) is 9.59 Å². The van der Waals surface area contributed by atoms with E-state index in [2.05, 4.69) is 133 Å². The number of hydrogen-bond acceptors (Lipinski definition) is 5. The number of fused-ring (bicyclic) bond motifs is 1. The van der Waals surface area contributed by atoms with Crippen molar-refractivity contribution in [2.45, 2.75) is 151 Å². The molecule has 6 heteroatoms. The van der Waals surface area contributed by atoms with Gasteiger partial charge in [0.15, 0.2) is 0 Å². The maximum absolute atomic E-state index is 14.6. The van der Waals surface area contributed by atoms with E-state index in [0.29, 0.717) is 54.3 Å². The fourth-order valence-electron chi connectivity index (χ4n) is 8.79. The molecule has 5 rings (SSSR count). The Morgan fingerprint density at radius 3 is 1.89 bits per heavy atom. The molecule has 0 saturated carbocycles. The van der Waals surface area contributed by atoms with Crippen molar-refractivity contribution < 1.29 is 14.3 Å². The van der Waals surface area contributed by atoms with Crippen molar-refractivity contribution in [1.29, 1.82) is 0 Å². The Kier molecular flexibility index (Phi) is 19.7. The molecule has 0 aliphatic heterocycles. The number of ether oxygens (including phenoxy) is 1. The van der Waals surface area contributed by atoms with Crippen LogP contribution in [0.3, 0.4) is 0 Å². The second-order valence-corrected chi connectivity index (χ2v) is 17.9. The minimum absolute atomic E-state index is 0.0491. The average Bonchev–Trinajstić information content (AvgIpc) is 3.32. The van der Waals surface area contributed by atoms with E-state index in [0.717, 1.165) is 104 Å². The first kappa shape index (κ1) is 49.1. The fourth-order valence-corrected chi connectivity index (χ4v) is 8.79. The zero-order valence-electron chi connectivity index (χ0n) is 40.0. The third-order valence-corrected chi connectivity index (χ3v) is 13.3. The van der Waals surface area contributed by atoms with Crippen molar-refractivity contribution in [2.75, 3.05) is 18.1 Å². The molecule has 4 aromatic carbocycles. The first-order valence-electron chi connectivity index (χ1n) is 24.7. The van der Waals surface area contributed by atoms with Crippen LogP contribution in [0.1, 0.15) is 173 Å². The van der Waals surface area contributed by atoms with Gasteiger partial charge < -0.3 is 14.5 Å². The third-order valence-electron chi connectivity index (χ3n) is 13.3. The van der Waals surface area contributed by atoms with Crippen molar-refractivity contribution in [3.63, 3.8) is 0 Å². The lowest BCUT2D eigenvalue weighted by Gasteiger charge is -2.32. The van der Waals surface area contributed by atoms with Gasteiger partial charge in [-0.2, -0.15) is 0 Å². The number of anilines is 3. The minimum Gasteiger partial charge on any atom is -0.493 e. The Morgan fingerprint density at radius 2 is 1.24 bits per heavy atom. The van der Waals surface area contributed by atoms with Gasteiger partial charge in [-0.3, -0.25) is 9.59 Å². The summed E-state index contributed by atoms with van der Waals surface area (Å²) in [6, 6.07) is 33.3. The maximum atomic E-state index is 14.6. The lowest BCUT2D eigenvalue weighted by Crippen LogP contribution is -2.40. The topological polar surface area (TPSA) is 62.2 Å². The first-order valence-corrected chi connectivity index (χ1v) is 24.7. The standard InChI is InChI=1S/C57H77N3O3/c1-9-16-25-43(13-5)36-56(61)59(40-44(14-6)26-17-10-2)55-39-54(50-32-22-23-33-51(50)57(55)62)58-53-35-34-48(38-52(53)42(8)12-4)60(46-28-20-19-21-29-46)47-30-24-31-49(37-47)63-41-45(15-7)27-18-11-3/h19-24,28-35,37-39,42-45H,9-18,25-27,36,40-41H2,1-8H3. The summed E-state index contributed by atoms with van der Waals surface area (Å²) in [5.41, 5.74) is 7.66. The number of hydrogen-bond donors (Lipinski definition) is 0. The predicted octanol–water partition coefficient (Wildman–Crippen LogP) is 16.1. The molecule has 0 N–H and O–H groups in total. The Morgan fingerprint density at radius 1 is 0.635 bits per heavy atom. The van der Waals surface area contributed by atoms with Crippen LogP contribution >= 0.6 is 0 Å². The highest BCUT2D eigenvalue weighted by Crippen LogP contribution is 2.41. The summed E-state index contributed by atoms with van der Waals surface area (Å²) in [6.45, 7) is 19.0. The molecule has 1 aliphatic carbocycles. The SMILES string of the molecule is CCCCC(CC)COc1cccc(N(c2ccccc2)c2ccc(N=C3C=C(N(CC(CC)CCCC)C(=O)CC(CC)CCCC)C(=O)c4ccccc43)c(C(C)CC)c2)c1. The highest BCUT2D eigenvalue weighted by atomic mass is 16.5. The van der Waals surface area contributed by atoms with Gasteiger partial charge in [0.05, 0.1) is 23.7 Å². The zero-order valence-corrected chi connectivity index (χ0v) is 40.0. The van der Waals surface area contributed by atoms with Gasteiger partial charge in [0.1, 0.15) is 5.75 Å². The van der Waals surface area contributed by atoms with Gasteiger partial charge >= 0.3 is 0 Å². The lowest BCUT2D eigenvalue weighted by molar-refractivity contribution is -0.130. The number of Topliss-reactive ketones (excluding diaryl/α,β-unsaturated/α-hetero) is 1. The fraction of sp³-hybridized carbons (Fsp3) is 0.491. The molecule has 4 unspecified atom stereocenters. The quantitative estimate of drug-likeness (QED) is 0.0631. The van der Waals surface area contributed by atoms with Crippen LogP contribution in [0.2, 0.25) is 0 Å². The summed E-state index contributed by atoms with van der Waals surface area (Å²) < 4.78 is 6.46. The second kappa shape index (κ2) is 25.4. The molecule has 63 heavy (non-hydrogen) atoms. The van der Waals surface area contributed by atoms with E-state index < -0.39 is 0 Å². The normalized spacial score (nSPS) is 15.0.